The lowest BCUT2D eigenvalue weighted by molar-refractivity contribution is 0.0939. The maximum Gasteiger partial charge on any atom is 0.221 e. The largest absolute Gasteiger partial charge is 0.376 e. The van der Waals surface area contributed by atoms with Crippen molar-refractivity contribution in [2.24, 2.45) is 0 Å². The van der Waals surface area contributed by atoms with Gasteiger partial charge in [0.25, 0.3) is 0 Å². The van der Waals surface area contributed by atoms with Gasteiger partial charge in [0.15, 0.2) is 0 Å². The van der Waals surface area contributed by atoms with Crippen LogP contribution >= 0.6 is 0 Å². The number of fused-ring (bicyclic) bond motifs is 1. The molecule has 4 heterocycles. The summed E-state index contributed by atoms with van der Waals surface area (Å²) in [4.78, 5) is 8.78. The molecule has 0 radical (unpaired) electrons. The highest BCUT2D eigenvalue weighted by atomic mass is 16.5. The van der Waals surface area contributed by atoms with E-state index in [1.807, 2.05) is 48.3 Å². The van der Waals surface area contributed by atoms with Crippen LogP contribution < -0.4 is 5.73 Å². The van der Waals surface area contributed by atoms with E-state index in [0.29, 0.717) is 17.9 Å². The quantitative estimate of drug-likeness (QED) is 0.556. The summed E-state index contributed by atoms with van der Waals surface area (Å²) in [6, 6.07) is 7.95. The van der Waals surface area contributed by atoms with Crippen LogP contribution in [0, 0.1) is 6.92 Å². The Kier molecular flexibility index (Phi) is 4.44. The van der Waals surface area contributed by atoms with Gasteiger partial charge in [-0.2, -0.15) is 5.10 Å². The van der Waals surface area contributed by atoms with E-state index in [0.717, 1.165) is 48.2 Å². The van der Waals surface area contributed by atoms with Gasteiger partial charge in [-0.15, -0.1) is 5.10 Å². The molecule has 0 saturated carbocycles. The predicted molar refractivity (Wildman–Crippen MR) is 108 cm³/mol. The molecular formula is C20H22N8O. The monoisotopic (exact) mass is 390 g/mol. The van der Waals surface area contributed by atoms with Crippen molar-refractivity contribution in [1.82, 2.24) is 34.7 Å². The molecule has 0 spiro atoms. The highest BCUT2D eigenvalue weighted by Crippen LogP contribution is 2.27. The maximum atomic E-state index is 5.93. The molecule has 1 aliphatic rings. The molecule has 1 fully saturated rings. The van der Waals surface area contributed by atoms with E-state index in [4.69, 9.17) is 10.5 Å². The summed E-state index contributed by atoms with van der Waals surface area (Å²) in [5.41, 5.74) is 10.1. The molecule has 148 valence electrons. The van der Waals surface area contributed by atoms with Crippen molar-refractivity contribution in [3.05, 3.63) is 47.9 Å². The zero-order chi connectivity index (χ0) is 19.8. The second-order valence-electron chi connectivity index (χ2n) is 7.37. The zero-order valence-corrected chi connectivity index (χ0v) is 16.2. The number of hydrogen-bond acceptors (Lipinski definition) is 7. The first-order valence-corrected chi connectivity index (χ1v) is 9.73. The van der Waals surface area contributed by atoms with Crippen LogP contribution in [0.4, 0.5) is 5.95 Å². The lowest BCUT2D eigenvalue weighted by atomic mass is 10.1. The average Bonchev–Trinajstić information content (AvgIpc) is 3.46. The van der Waals surface area contributed by atoms with Crippen LogP contribution in [0.5, 0.6) is 0 Å². The van der Waals surface area contributed by atoms with Crippen LogP contribution in [0.3, 0.4) is 0 Å². The van der Waals surface area contributed by atoms with Crippen LogP contribution in [-0.2, 0) is 17.8 Å². The van der Waals surface area contributed by atoms with Gasteiger partial charge in [0, 0.05) is 18.2 Å². The molecule has 0 aliphatic carbocycles. The third-order valence-electron chi connectivity index (χ3n) is 5.16. The van der Waals surface area contributed by atoms with Gasteiger partial charge in [0.05, 0.1) is 36.6 Å². The van der Waals surface area contributed by atoms with E-state index >= 15 is 0 Å². The molecule has 3 aromatic heterocycles. The number of aromatic nitrogens is 7. The van der Waals surface area contributed by atoms with E-state index in [1.54, 1.807) is 4.68 Å². The van der Waals surface area contributed by atoms with Gasteiger partial charge in [0.2, 0.25) is 5.95 Å². The Morgan fingerprint density at radius 3 is 3.00 bits per heavy atom. The first-order chi connectivity index (χ1) is 14.2. The summed E-state index contributed by atoms with van der Waals surface area (Å²) in [6.45, 7) is 4.17. The molecular weight excluding hydrogens is 368 g/mol. The standard InChI is InChI=1S/C20H22N8O/c1-13-4-2-6-16-18(13)22-20(21)23-19(16)17-12-28(26-24-17)10-14-7-8-27(25-14)11-15-5-3-9-29-15/h2,4,6-8,12,15H,3,5,9-11H2,1H3,(H2,21,22,23). The van der Waals surface area contributed by atoms with Crippen molar-refractivity contribution in [1.29, 1.82) is 0 Å². The summed E-state index contributed by atoms with van der Waals surface area (Å²) in [6.07, 6.45) is 6.33. The summed E-state index contributed by atoms with van der Waals surface area (Å²) >= 11 is 0. The minimum Gasteiger partial charge on any atom is -0.376 e. The number of aryl methyl sites for hydroxylation is 1. The highest BCUT2D eigenvalue weighted by Gasteiger charge is 2.17. The fourth-order valence-electron chi connectivity index (χ4n) is 3.74. The minimum atomic E-state index is 0.226. The molecule has 5 rings (SSSR count). The molecule has 1 unspecified atom stereocenters. The van der Waals surface area contributed by atoms with E-state index in [9.17, 15) is 0 Å². The van der Waals surface area contributed by atoms with Gasteiger partial charge in [-0.1, -0.05) is 23.4 Å². The maximum absolute atomic E-state index is 5.93. The third kappa shape index (κ3) is 3.56. The number of nitrogens with two attached hydrogens (primary N) is 1. The number of rotatable bonds is 5. The number of para-hydroxylation sites is 1. The Balaban J connectivity index is 1.38. The van der Waals surface area contributed by atoms with E-state index < -0.39 is 0 Å². The van der Waals surface area contributed by atoms with Crippen LogP contribution in [-0.4, -0.2) is 47.5 Å². The lowest BCUT2D eigenvalue weighted by Crippen LogP contribution is -2.15. The molecule has 1 aromatic carbocycles. The van der Waals surface area contributed by atoms with Crippen molar-refractivity contribution in [2.75, 3.05) is 12.3 Å². The number of benzene rings is 1. The van der Waals surface area contributed by atoms with Crippen LogP contribution in [0.25, 0.3) is 22.3 Å². The van der Waals surface area contributed by atoms with Crippen LogP contribution in [0.15, 0.2) is 36.7 Å². The van der Waals surface area contributed by atoms with E-state index in [-0.39, 0.29) is 12.1 Å². The highest BCUT2D eigenvalue weighted by molar-refractivity contribution is 5.93. The Morgan fingerprint density at radius 2 is 2.14 bits per heavy atom. The van der Waals surface area contributed by atoms with Gasteiger partial charge >= 0.3 is 0 Å². The fourth-order valence-corrected chi connectivity index (χ4v) is 3.74. The van der Waals surface area contributed by atoms with Gasteiger partial charge in [-0.05, 0) is 31.4 Å². The van der Waals surface area contributed by atoms with Crippen molar-refractivity contribution in [2.45, 2.75) is 39.0 Å². The number of hydrogen-bond donors (Lipinski definition) is 1. The molecule has 9 heteroatoms. The second-order valence-corrected chi connectivity index (χ2v) is 7.37. The second kappa shape index (κ2) is 7.25. The van der Waals surface area contributed by atoms with Gasteiger partial charge in [-0.25, -0.2) is 14.6 Å². The third-order valence-corrected chi connectivity index (χ3v) is 5.16. The summed E-state index contributed by atoms with van der Waals surface area (Å²) < 4.78 is 9.37. The fraction of sp³-hybridized carbons (Fsp3) is 0.350. The van der Waals surface area contributed by atoms with Crippen LogP contribution in [0.1, 0.15) is 24.1 Å². The Bertz CT molecular complexity index is 1160. The summed E-state index contributed by atoms with van der Waals surface area (Å²) in [5.74, 6) is 0.226. The normalized spacial score (nSPS) is 16.7. The van der Waals surface area contributed by atoms with Gasteiger partial charge < -0.3 is 10.5 Å². The Hall–Kier alpha value is -3.33. The summed E-state index contributed by atoms with van der Waals surface area (Å²) in [7, 11) is 0. The summed E-state index contributed by atoms with van der Waals surface area (Å²) in [5, 5.41) is 14.1. The SMILES string of the molecule is Cc1cccc2c(-c3cn(Cc4ccn(CC5CCCO5)n4)nn3)nc(N)nc12. The topological polar surface area (TPSA) is 110 Å². The Morgan fingerprint density at radius 1 is 1.21 bits per heavy atom. The zero-order valence-electron chi connectivity index (χ0n) is 16.2. The molecule has 9 nitrogen and oxygen atoms in total. The van der Waals surface area contributed by atoms with E-state index in [1.165, 1.54) is 0 Å². The number of ether oxygens (including phenoxy) is 1. The number of nitrogen functional groups attached to an aromatic ring is 1. The first-order valence-electron chi connectivity index (χ1n) is 9.73. The molecule has 1 saturated heterocycles. The predicted octanol–water partition coefficient (Wildman–Crippen LogP) is 2.20. The average molecular weight is 390 g/mol. The molecule has 1 atom stereocenters. The molecule has 0 bridgehead atoms. The molecule has 2 N–H and O–H groups in total. The molecule has 1 aliphatic heterocycles. The van der Waals surface area contributed by atoms with Crippen molar-refractivity contribution >= 4 is 16.9 Å². The van der Waals surface area contributed by atoms with Crippen LogP contribution in [0.2, 0.25) is 0 Å². The van der Waals surface area contributed by atoms with Gasteiger partial charge in [0.1, 0.15) is 11.4 Å². The minimum absolute atomic E-state index is 0.226. The molecule has 0 amide bonds. The Labute approximate surface area is 167 Å². The van der Waals surface area contributed by atoms with Crippen molar-refractivity contribution < 1.29 is 4.74 Å². The number of anilines is 1. The van der Waals surface area contributed by atoms with Gasteiger partial charge in [-0.3, -0.25) is 4.68 Å². The number of nitrogens with zero attached hydrogens (tertiary/aromatic N) is 7. The van der Waals surface area contributed by atoms with E-state index in [2.05, 4.69) is 25.4 Å². The smallest absolute Gasteiger partial charge is 0.221 e. The molecule has 4 aromatic rings. The lowest BCUT2D eigenvalue weighted by Gasteiger charge is -2.08. The van der Waals surface area contributed by atoms with Crippen molar-refractivity contribution in [3.8, 4) is 11.4 Å². The molecule has 29 heavy (non-hydrogen) atoms. The van der Waals surface area contributed by atoms with Crippen molar-refractivity contribution in [3.63, 3.8) is 0 Å². The first kappa shape index (κ1) is 17.7.